The van der Waals surface area contributed by atoms with Gasteiger partial charge >= 0.3 is 0 Å². The van der Waals surface area contributed by atoms with Crippen molar-refractivity contribution in [1.82, 2.24) is 14.9 Å². The van der Waals surface area contributed by atoms with E-state index >= 15 is 0 Å². The van der Waals surface area contributed by atoms with Crippen molar-refractivity contribution >= 4 is 28.3 Å². The van der Waals surface area contributed by atoms with Crippen molar-refractivity contribution in [3.63, 3.8) is 0 Å². The second kappa shape index (κ2) is 9.22. The second-order valence-electron chi connectivity index (χ2n) is 5.54. The van der Waals surface area contributed by atoms with Gasteiger partial charge in [-0.15, -0.1) is 12.4 Å². The second-order valence-corrected chi connectivity index (χ2v) is 7.54. The number of nitrogens with zero attached hydrogens (tertiary/aromatic N) is 1. The van der Waals surface area contributed by atoms with E-state index in [1.54, 1.807) is 26.0 Å². The molecule has 0 saturated heterocycles. The summed E-state index contributed by atoms with van der Waals surface area (Å²) in [4.78, 5) is 12.2. The quantitative estimate of drug-likeness (QED) is 0.769. The molecule has 1 aromatic rings. The molecule has 0 fully saturated rings. The Hall–Kier alpha value is -1.15. The van der Waals surface area contributed by atoms with E-state index in [0.29, 0.717) is 12.1 Å². The van der Waals surface area contributed by atoms with Gasteiger partial charge in [0.05, 0.1) is 4.90 Å². The van der Waals surface area contributed by atoms with Crippen LogP contribution in [0.1, 0.15) is 31.1 Å². The fraction of sp³-hybridized carbons (Fsp3) is 0.533. The van der Waals surface area contributed by atoms with E-state index in [4.69, 9.17) is 0 Å². The molecule has 0 saturated carbocycles. The standard InChI is InChI=1S/C15H25N3O3S.ClH/c1-11(2)18(5)22(20,21)14-8-6-7-13(9-14)15(19)17-10-12(3)16-4;/h6-9,11-12,16H,10H2,1-5H3,(H,17,19);1H. The maximum atomic E-state index is 12.4. The lowest BCUT2D eigenvalue weighted by Crippen LogP contribution is -2.37. The molecule has 0 heterocycles. The van der Waals surface area contributed by atoms with Crippen molar-refractivity contribution in [1.29, 1.82) is 0 Å². The van der Waals surface area contributed by atoms with Gasteiger partial charge in [0.2, 0.25) is 10.0 Å². The van der Waals surface area contributed by atoms with E-state index in [0.717, 1.165) is 0 Å². The highest BCUT2D eigenvalue weighted by atomic mass is 35.5. The molecule has 0 aliphatic rings. The van der Waals surface area contributed by atoms with E-state index < -0.39 is 10.0 Å². The van der Waals surface area contributed by atoms with E-state index in [9.17, 15) is 13.2 Å². The predicted octanol–water partition coefficient (Wildman–Crippen LogP) is 1.47. The van der Waals surface area contributed by atoms with Crippen LogP contribution in [0.4, 0.5) is 0 Å². The zero-order valence-corrected chi connectivity index (χ0v) is 15.8. The van der Waals surface area contributed by atoms with Crippen molar-refractivity contribution in [2.24, 2.45) is 0 Å². The van der Waals surface area contributed by atoms with Crippen molar-refractivity contribution < 1.29 is 13.2 Å². The summed E-state index contributed by atoms with van der Waals surface area (Å²) in [6.07, 6.45) is 0. The minimum Gasteiger partial charge on any atom is -0.350 e. The van der Waals surface area contributed by atoms with Crippen LogP contribution in [-0.2, 0) is 10.0 Å². The van der Waals surface area contributed by atoms with Gasteiger partial charge in [0.25, 0.3) is 5.91 Å². The Kier molecular flexibility index (Phi) is 8.76. The monoisotopic (exact) mass is 363 g/mol. The van der Waals surface area contributed by atoms with Gasteiger partial charge in [-0.2, -0.15) is 4.31 Å². The van der Waals surface area contributed by atoms with E-state index in [2.05, 4.69) is 10.6 Å². The van der Waals surface area contributed by atoms with E-state index in [1.807, 2.05) is 14.0 Å². The Balaban J connectivity index is 0.00000484. The first-order valence-electron chi connectivity index (χ1n) is 7.23. The number of hydrogen-bond donors (Lipinski definition) is 2. The van der Waals surface area contributed by atoms with Crippen LogP contribution in [-0.4, -0.2) is 51.4 Å². The lowest BCUT2D eigenvalue weighted by Gasteiger charge is -2.21. The maximum absolute atomic E-state index is 12.4. The highest BCUT2D eigenvalue weighted by Gasteiger charge is 2.23. The molecule has 0 aromatic heterocycles. The molecule has 132 valence electrons. The molecule has 0 aliphatic carbocycles. The number of nitrogens with one attached hydrogen (secondary N) is 2. The molecule has 0 aliphatic heterocycles. The SMILES string of the molecule is CNC(C)CNC(=O)c1cccc(S(=O)(=O)N(C)C(C)C)c1.Cl. The molecule has 1 rings (SSSR count). The topological polar surface area (TPSA) is 78.5 Å². The molecule has 1 amide bonds. The van der Waals surface area contributed by atoms with Crippen LogP contribution in [0.2, 0.25) is 0 Å². The largest absolute Gasteiger partial charge is 0.350 e. The van der Waals surface area contributed by atoms with Crippen molar-refractivity contribution in [2.75, 3.05) is 20.6 Å². The number of halogens is 1. The molecular weight excluding hydrogens is 338 g/mol. The molecule has 1 aromatic carbocycles. The van der Waals surface area contributed by atoms with Gasteiger partial charge in [0.1, 0.15) is 0 Å². The molecular formula is C15H26ClN3O3S. The van der Waals surface area contributed by atoms with Gasteiger partial charge in [-0.1, -0.05) is 6.07 Å². The highest BCUT2D eigenvalue weighted by molar-refractivity contribution is 7.89. The summed E-state index contributed by atoms with van der Waals surface area (Å²) in [5.74, 6) is -0.286. The summed E-state index contributed by atoms with van der Waals surface area (Å²) in [7, 11) is -0.249. The first-order valence-corrected chi connectivity index (χ1v) is 8.67. The maximum Gasteiger partial charge on any atom is 0.251 e. The van der Waals surface area contributed by atoms with E-state index in [-0.39, 0.29) is 35.3 Å². The van der Waals surface area contributed by atoms with Crippen molar-refractivity contribution in [3.05, 3.63) is 29.8 Å². The Labute approximate surface area is 145 Å². The number of rotatable bonds is 7. The fourth-order valence-corrected chi connectivity index (χ4v) is 3.11. The normalized spacial score (nSPS) is 12.8. The number of amides is 1. The Bertz CT molecular complexity index is 620. The summed E-state index contributed by atoms with van der Waals surface area (Å²) in [6, 6.07) is 6.09. The first-order chi connectivity index (χ1) is 10.2. The summed E-state index contributed by atoms with van der Waals surface area (Å²) in [5.41, 5.74) is 0.335. The van der Waals surface area contributed by atoms with Crippen LogP contribution in [0.25, 0.3) is 0 Å². The number of carbonyl (C=O) groups excluding carboxylic acids is 1. The van der Waals surface area contributed by atoms with Crippen LogP contribution in [0.15, 0.2) is 29.2 Å². The minimum atomic E-state index is -3.59. The smallest absolute Gasteiger partial charge is 0.251 e. The van der Waals surface area contributed by atoms with Crippen molar-refractivity contribution in [2.45, 2.75) is 37.8 Å². The molecule has 0 bridgehead atoms. The molecule has 2 N–H and O–H groups in total. The molecule has 0 spiro atoms. The van der Waals surface area contributed by atoms with Crippen molar-refractivity contribution in [3.8, 4) is 0 Å². The molecule has 0 radical (unpaired) electrons. The molecule has 8 heteroatoms. The van der Waals surface area contributed by atoms with Gasteiger partial charge in [-0.3, -0.25) is 4.79 Å². The number of sulfonamides is 1. The number of benzene rings is 1. The number of likely N-dealkylation sites (N-methyl/N-ethyl adjacent to an activating group) is 1. The van der Waals surface area contributed by atoms with Crippen LogP contribution in [0, 0.1) is 0 Å². The van der Waals surface area contributed by atoms with Crippen LogP contribution in [0.3, 0.4) is 0 Å². The summed E-state index contributed by atoms with van der Waals surface area (Å²) in [5, 5.41) is 5.79. The zero-order valence-electron chi connectivity index (χ0n) is 14.2. The fourth-order valence-electron chi connectivity index (χ4n) is 1.69. The number of hydrogen-bond acceptors (Lipinski definition) is 4. The van der Waals surface area contributed by atoms with Gasteiger partial charge in [-0.25, -0.2) is 8.42 Å². The lowest BCUT2D eigenvalue weighted by molar-refractivity contribution is 0.0950. The predicted molar refractivity (Wildman–Crippen MR) is 94.6 cm³/mol. The highest BCUT2D eigenvalue weighted by Crippen LogP contribution is 2.17. The molecule has 1 atom stereocenters. The first kappa shape index (κ1) is 21.9. The lowest BCUT2D eigenvalue weighted by atomic mass is 10.2. The van der Waals surface area contributed by atoms with E-state index in [1.165, 1.54) is 23.5 Å². The average molecular weight is 364 g/mol. The summed E-state index contributed by atoms with van der Waals surface area (Å²) < 4.78 is 26.2. The Morgan fingerprint density at radius 2 is 1.87 bits per heavy atom. The van der Waals surface area contributed by atoms with Gasteiger partial charge < -0.3 is 10.6 Å². The minimum absolute atomic E-state index is 0. The van der Waals surface area contributed by atoms with Gasteiger partial charge in [0, 0.05) is 31.2 Å². The third kappa shape index (κ3) is 5.76. The van der Waals surface area contributed by atoms with Gasteiger partial charge in [0.15, 0.2) is 0 Å². The average Bonchev–Trinajstić information content (AvgIpc) is 2.51. The zero-order chi connectivity index (χ0) is 16.9. The summed E-state index contributed by atoms with van der Waals surface area (Å²) in [6.45, 7) is 6.01. The third-order valence-electron chi connectivity index (χ3n) is 3.56. The molecule has 1 unspecified atom stereocenters. The number of carbonyl (C=O) groups is 1. The molecule has 23 heavy (non-hydrogen) atoms. The van der Waals surface area contributed by atoms with Crippen LogP contribution >= 0.6 is 12.4 Å². The molecule has 6 nitrogen and oxygen atoms in total. The summed E-state index contributed by atoms with van der Waals surface area (Å²) >= 11 is 0. The Morgan fingerprint density at radius 1 is 1.26 bits per heavy atom. The van der Waals surface area contributed by atoms with Crippen LogP contribution in [0.5, 0.6) is 0 Å². The Morgan fingerprint density at radius 3 is 2.39 bits per heavy atom. The third-order valence-corrected chi connectivity index (χ3v) is 5.59. The van der Waals surface area contributed by atoms with Gasteiger partial charge in [-0.05, 0) is 46.0 Å². The van der Waals surface area contributed by atoms with Crippen LogP contribution < -0.4 is 10.6 Å².